The van der Waals surface area contributed by atoms with Gasteiger partial charge >= 0.3 is 0 Å². The van der Waals surface area contributed by atoms with E-state index in [0.29, 0.717) is 17.8 Å². The maximum absolute atomic E-state index is 6.03. The fourth-order valence-corrected chi connectivity index (χ4v) is 2.76. The lowest BCUT2D eigenvalue weighted by Crippen LogP contribution is -2.39. The minimum Gasteiger partial charge on any atom is -0.383 e. The van der Waals surface area contributed by atoms with E-state index >= 15 is 0 Å². The summed E-state index contributed by atoms with van der Waals surface area (Å²) < 4.78 is 0. The Kier molecular flexibility index (Phi) is 5.39. The van der Waals surface area contributed by atoms with E-state index in [1.165, 1.54) is 38.9 Å². The van der Waals surface area contributed by atoms with Gasteiger partial charge in [0.25, 0.3) is 0 Å². The van der Waals surface area contributed by atoms with Crippen molar-refractivity contribution in [2.24, 2.45) is 0 Å². The molecule has 2 rings (SSSR count). The fourth-order valence-electron chi connectivity index (χ4n) is 2.76. The Balaban J connectivity index is 2.03. The van der Waals surface area contributed by atoms with Gasteiger partial charge in [0.15, 0.2) is 0 Å². The van der Waals surface area contributed by atoms with Gasteiger partial charge in [-0.1, -0.05) is 20.8 Å². The van der Waals surface area contributed by atoms with Crippen LogP contribution in [-0.2, 0) is 0 Å². The van der Waals surface area contributed by atoms with Gasteiger partial charge in [-0.05, 0) is 32.7 Å². The summed E-state index contributed by atoms with van der Waals surface area (Å²) in [5.41, 5.74) is 6.99. The molecule has 5 nitrogen and oxygen atoms in total. The van der Waals surface area contributed by atoms with Crippen LogP contribution in [0.15, 0.2) is 0 Å². The number of nitrogens with zero attached hydrogens (tertiary/aromatic N) is 3. The van der Waals surface area contributed by atoms with Crippen molar-refractivity contribution in [3.05, 3.63) is 11.4 Å². The van der Waals surface area contributed by atoms with E-state index in [4.69, 9.17) is 5.73 Å². The molecule has 0 bridgehead atoms. The Bertz CT molecular complexity index is 464. The first-order valence-electron chi connectivity index (χ1n) is 8.14. The summed E-state index contributed by atoms with van der Waals surface area (Å²) in [5, 5.41) is 3.59. The summed E-state index contributed by atoms with van der Waals surface area (Å²) in [6.07, 6.45) is 3.57. The first-order chi connectivity index (χ1) is 10.0. The van der Waals surface area contributed by atoms with E-state index in [0.717, 1.165) is 17.2 Å². The molecule has 5 heteroatoms. The minimum atomic E-state index is 0.292. The molecule has 1 fully saturated rings. The Morgan fingerprint density at radius 3 is 2.52 bits per heavy atom. The smallest absolute Gasteiger partial charge is 0.135 e. The van der Waals surface area contributed by atoms with Crippen LogP contribution >= 0.6 is 0 Å². The predicted octanol–water partition coefficient (Wildman–Crippen LogP) is 2.78. The molecule has 0 amide bonds. The molecule has 118 valence electrons. The van der Waals surface area contributed by atoms with Crippen molar-refractivity contribution in [3.8, 4) is 0 Å². The zero-order valence-electron chi connectivity index (χ0n) is 13.8. The molecular formula is C16H29N5. The molecule has 1 saturated heterocycles. The number of hydrogen-bond acceptors (Lipinski definition) is 5. The minimum absolute atomic E-state index is 0.292. The second-order valence-corrected chi connectivity index (χ2v) is 6.36. The summed E-state index contributed by atoms with van der Waals surface area (Å²) in [5.74, 6) is 2.63. The van der Waals surface area contributed by atoms with E-state index in [2.05, 4.69) is 41.0 Å². The molecule has 0 atom stereocenters. The molecular weight excluding hydrogens is 262 g/mol. The van der Waals surface area contributed by atoms with E-state index < -0.39 is 0 Å². The van der Waals surface area contributed by atoms with Crippen molar-refractivity contribution >= 4 is 11.6 Å². The quantitative estimate of drug-likeness (QED) is 0.873. The summed E-state index contributed by atoms with van der Waals surface area (Å²) in [7, 11) is 0. The van der Waals surface area contributed by atoms with Gasteiger partial charge < -0.3 is 16.0 Å². The first-order valence-corrected chi connectivity index (χ1v) is 8.14. The SMILES string of the molecule is CCCN1CCC(Nc2nc(C(C)C)nc(N)c2C)CC1. The highest BCUT2D eigenvalue weighted by atomic mass is 15.2. The highest BCUT2D eigenvalue weighted by molar-refractivity contribution is 5.55. The summed E-state index contributed by atoms with van der Waals surface area (Å²) in [6, 6.07) is 0.492. The third kappa shape index (κ3) is 4.06. The molecule has 1 aromatic rings. The van der Waals surface area contributed by atoms with Crippen molar-refractivity contribution < 1.29 is 0 Å². The molecule has 0 aromatic carbocycles. The fraction of sp³-hybridized carbons (Fsp3) is 0.750. The van der Waals surface area contributed by atoms with E-state index in [1.54, 1.807) is 0 Å². The Labute approximate surface area is 128 Å². The third-order valence-corrected chi connectivity index (χ3v) is 4.19. The maximum Gasteiger partial charge on any atom is 0.135 e. The van der Waals surface area contributed by atoms with E-state index in [-0.39, 0.29) is 0 Å². The van der Waals surface area contributed by atoms with Crippen LogP contribution in [0.5, 0.6) is 0 Å². The first kappa shape index (κ1) is 16.0. The van der Waals surface area contributed by atoms with Gasteiger partial charge in [-0.25, -0.2) is 9.97 Å². The largest absolute Gasteiger partial charge is 0.383 e. The van der Waals surface area contributed by atoms with Crippen LogP contribution in [0.4, 0.5) is 11.6 Å². The molecule has 0 aliphatic carbocycles. The van der Waals surface area contributed by atoms with Gasteiger partial charge in [0, 0.05) is 30.6 Å². The van der Waals surface area contributed by atoms with Crippen LogP contribution in [0.2, 0.25) is 0 Å². The van der Waals surface area contributed by atoms with E-state index in [9.17, 15) is 0 Å². The molecule has 3 N–H and O–H groups in total. The zero-order chi connectivity index (χ0) is 15.4. The highest BCUT2D eigenvalue weighted by Crippen LogP contribution is 2.23. The van der Waals surface area contributed by atoms with Crippen LogP contribution in [0.3, 0.4) is 0 Å². The highest BCUT2D eigenvalue weighted by Gasteiger charge is 2.20. The van der Waals surface area contributed by atoms with E-state index in [1.807, 2.05) is 6.92 Å². The number of piperidine rings is 1. The second-order valence-electron chi connectivity index (χ2n) is 6.36. The zero-order valence-corrected chi connectivity index (χ0v) is 13.8. The predicted molar refractivity (Wildman–Crippen MR) is 88.6 cm³/mol. The van der Waals surface area contributed by atoms with Crippen molar-refractivity contribution in [3.63, 3.8) is 0 Å². The number of hydrogen-bond donors (Lipinski definition) is 2. The Morgan fingerprint density at radius 1 is 1.29 bits per heavy atom. The van der Waals surface area contributed by atoms with Gasteiger partial charge in [0.05, 0.1) is 0 Å². The van der Waals surface area contributed by atoms with Crippen LogP contribution in [0.1, 0.15) is 57.3 Å². The van der Waals surface area contributed by atoms with Crippen LogP contribution in [0, 0.1) is 6.92 Å². The molecule has 0 spiro atoms. The second kappa shape index (κ2) is 7.07. The molecule has 2 heterocycles. The van der Waals surface area contributed by atoms with Crippen LogP contribution in [-0.4, -0.2) is 40.5 Å². The number of rotatable bonds is 5. The Morgan fingerprint density at radius 2 is 1.95 bits per heavy atom. The van der Waals surface area contributed by atoms with Crippen molar-refractivity contribution in [2.75, 3.05) is 30.7 Å². The van der Waals surface area contributed by atoms with Gasteiger partial charge in [0.2, 0.25) is 0 Å². The summed E-state index contributed by atoms with van der Waals surface area (Å²) >= 11 is 0. The van der Waals surface area contributed by atoms with Crippen molar-refractivity contribution in [1.29, 1.82) is 0 Å². The normalized spacial score (nSPS) is 17.4. The molecule has 1 aliphatic heterocycles. The topological polar surface area (TPSA) is 67.1 Å². The van der Waals surface area contributed by atoms with Crippen LogP contribution in [0.25, 0.3) is 0 Å². The lowest BCUT2D eigenvalue weighted by molar-refractivity contribution is 0.219. The number of nitrogens with one attached hydrogen (secondary N) is 1. The molecule has 1 aliphatic rings. The average molecular weight is 291 g/mol. The lowest BCUT2D eigenvalue weighted by atomic mass is 10.0. The van der Waals surface area contributed by atoms with Crippen molar-refractivity contribution in [1.82, 2.24) is 14.9 Å². The van der Waals surface area contributed by atoms with Crippen LogP contribution < -0.4 is 11.1 Å². The van der Waals surface area contributed by atoms with Crippen molar-refractivity contribution in [2.45, 2.75) is 58.9 Å². The number of nitrogens with two attached hydrogens (primary N) is 1. The lowest BCUT2D eigenvalue weighted by Gasteiger charge is -2.32. The molecule has 0 radical (unpaired) electrons. The summed E-state index contributed by atoms with van der Waals surface area (Å²) in [4.78, 5) is 11.6. The molecule has 0 unspecified atom stereocenters. The van der Waals surface area contributed by atoms with Gasteiger partial charge in [-0.2, -0.15) is 0 Å². The third-order valence-electron chi connectivity index (χ3n) is 4.19. The number of nitrogen functional groups attached to an aromatic ring is 1. The van der Waals surface area contributed by atoms with Gasteiger partial charge in [-0.15, -0.1) is 0 Å². The molecule has 0 saturated carbocycles. The van der Waals surface area contributed by atoms with Gasteiger partial charge in [0.1, 0.15) is 17.5 Å². The molecule has 21 heavy (non-hydrogen) atoms. The summed E-state index contributed by atoms with van der Waals surface area (Å²) in [6.45, 7) is 12.0. The number of anilines is 2. The monoisotopic (exact) mass is 291 g/mol. The Hall–Kier alpha value is -1.36. The number of likely N-dealkylation sites (tertiary alicyclic amines) is 1. The number of aromatic nitrogens is 2. The molecule has 1 aromatic heterocycles. The average Bonchev–Trinajstić information content (AvgIpc) is 2.45. The van der Waals surface area contributed by atoms with Gasteiger partial charge in [-0.3, -0.25) is 0 Å². The maximum atomic E-state index is 6.03. The standard InChI is InChI=1S/C16H29N5/c1-5-8-21-9-6-13(7-10-21)18-16-12(4)14(17)19-15(20-16)11(2)3/h11,13H,5-10H2,1-4H3,(H3,17,18,19,20).